The van der Waals surface area contributed by atoms with E-state index in [1.54, 1.807) is 0 Å². The van der Waals surface area contributed by atoms with Gasteiger partial charge in [0.15, 0.2) is 5.78 Å². The molecule has 0 aliphatic carbocycles. The Morgan fingerprint density at radius 3 is 1.96 bits per heavy atom. The Morgan fingerprint density at radius 1 is 0.885 bits per heavy atom. The van der Waals surface area contributed by atoms with E-state index in [4.69, 9.17) is 0 Å². The molecule has 0 saturated heterocycles. The molecule has 0 unspecified atom stereocenters. The number of thioether (sulfide) groups is 1. The van der Waals surface area contributed by atoms with Crippen molar-refractivity contribution in [2.75, 3.05) is 0 Å². The van der Waals surface area contributed by atoms with Gasteiger partial charge in [0.05, 0.1) is 0 Å². The smallest absolute Gasteiger partial charge is 0.406 e. The maximum Gasteiger partial charge on any atom is 0.573 e. The van der Waals surface area contributed by atoms with Crippen molar-refractivity contribution in [1.29, 1.82) is 0 Å². The summed E-state index contributed by atoms with van der Waals surface area (Å²) in [5.41, 5.74) is -3.77. The fraction of sp³-hybridized carbons (Fsp3) is 0.118. The highest BCUT2D eigenvalue weighted by Gasteiger charge is 2.31. The number of ketones is 1. The lowest BCUT2D eigenvalue weighted by atomic mass is 10.1. The van der Waals surface area contributed by atoms with Gasteiger partial charge in [0, 0.05) is 10.5 Å². The summed E-state index contributed by atoms with van der Waals surface area (Å²) in [4.78, 5) is 11.9. The summed E-state index contributed by atoms with van der Waals surface area (Å²) in [7, 11) is 0. The minimum Gasteiger partial charge on any atom is -0.406 e. The first-order chi connectivity index (χ1) is 12.0. The predicted molar refractivity (Wildman–Crippen MR) is 84.8 cm³/mol. The Kier molecular flexibility index (Phi) is 6.01. The molecule has 0 saturated carbocycles. The number of ether oxygens (including phenoxy) is 1. The topological polar surface area (TPSA) is 26.3 Å². The van der Waals surface area contributed by atoms with Crippen LogP contribution in [-0.4, -0.2) is 17.7 Å². The van der Waals surface area contributed by atoms with Crippen LogP contribution in [0.5, 0.6) is 5.75 Å². The summed E-state index contributed by atoms with van der Waals surface area (Å²) >= 11 is -0.285. The Morgan fingerprint density at radius 2 is 1.46 bits per heavy atom. The van der Waals surface area contributed by atoms with Crippen LogP contribution in [0.15, 0.2) is 59.5 Å². The van der Waals surface area contributed by atoms with Gasteiger partial charge in [-0.1, -0.05) is 18.2 Å². The van der Waals surface area contributed by atoms with E-state index in [0.717, 1.165) is 12.1 Å². The highest BCUT2D eigenvalue weighted by molar-refractivity contribution is 8.00. The van der Waals surface area contributed by atoms with Crippen LogP contribution < -0.4 is 4.74 Å². The van der Waals surface area contributed by atoms with E-state index in [1.807, 2.05) is 0 Å². The second kappa shape index (κ2) is 7.86. The molecule has 0 fully saturated rings. The number of halogens is 6. The van der Waals surface area contributed by atoms with Gasteiger partial charge in [-0.3, -0.25) is 4.79 Å². The first kappa shape index (κ1) is 19.9. The molecule has 0 spiro atoms. The minimum atomic E-state index is -4.79. The van der Waals surface area contributed by atoms with E-state index in [0.29, 0.717) is 5.56 Å². The van der Waals surface area contributed by atoms with Crippen LogP contribution in [0.3, 0.4) is 0 Å². The van der Waals surface area contributed by atoms with Gasteiger partial charge in [-0.2, -0.15) is 13.2 Å². The average molecular weight is 392 g/mol. The van der Waals surface area contributed by atoms with Crippen molar-refractivity contribution < 1.29 is 35.9 Å². The van der Waals surface area contributed by atoms with Gasteiger partial charge < -0.3 is 4.74 Å². The van der Waals surface area contributed by atoms with E-state index in [1.165, 1.54) is 48.6 Å². The van der Waals surface area contributed by atoms with Gasteiger partial charge >= 0.3 is 11.9 Å². The van der Waals surface area contributed by atoms with Gasteiger partial charge in [0.25, 0.3) is 0 Å². The van der Waals surface area contributed by atoms with E-state index in [2.05, 4.69) is 4.74 Å². The molecule has 0 N–H and O–H groups in total. The van der Waals surface area contributed by atoms with Crippen LogP contribution in [0.2, 0.25) is 0 Å². The second-order valence-corrected chi connectivity index (χ2v) is 6.03. The van der Waals surface area contributed by atoms with Crippen LogP contribution in [0, 0.1) is 0 Å². The predicted octanol–water partition coefficient (Wildman–Crippen LogP) is 6.09. The first-order valence-electron chi connectivity index (χ1n) is 6.96. The maximum atomic E-state index is 12.2. The van der Waals surface area contributed by atoms with Crippen molar-refractivity contribution >= 4 is 23.6 Å². The summed E-state index contributed by atoms with van der Waals surface area (Å²) in [6, 6.07) is 9.75. The molecule has 0 radical (unpaired) electrons. The number of hydrogen-bond donors (Lipinski definition) is 0. The molecule has 0 aromatic heterocycles. The van der Waals surface area contributed by atoms with Crippen molar-refractivity contribution in [1.82, 2.24) is 0 Å². The quantitative estimate of drug-likeness (QED) is 0.266. The maximum absolute atomic E-state index is 12.2. The lowest BCUT2D eigenvalue weighted by Gasteiger charge is -2.08. The SMILES string of the molecule is O=C(/C=C/c1ccc(OC(F)(F)F)cc1)c1ccc(SC(F)(F)F)cc1. The van der Waals surface area contributed by atoms with Crippen LogP contribution in [0.25, 0.3) is 6.08 Å². The number of rotatable bonds is 5. The third-order valence-corrected chi connectivity index (χ3v) is 3.65. The van der Waals surface area contributed by atoms with E-state index >= 15 is 0 Å². The van der Waals surface area contributed by atoms with Gasteiger partial charge in [0.1, 0.15) is 5.75 Å². The van der Waals surface area contributed by atoms with Gasteiger partial charge in [-0.25, -0.2) is 0 Å². The highest BCUT2D eigenvalue weighted by atomic mass is 32.2. The van der Waals surface area contributed by atoms with Crippen molar-refractivity contribution in [3.8, 4) is 5.75 Å². The Balaban J connectivity index is 2.00. The molecule has 2 nitrogen and oxygen atoms in total. The number of alkyl halides is 6. The first-order valence-corrected chi connectivity index (χ1v) is 7.77. The number of allylic oxidation sites excluding steroid dienone is 1. The van der Waals surface area contributed by atoms with E-state index in [-0.39, 0.29) is 22.2 Å². The molecule has 138 valence electrons. The summed E-state index contributed by atoms with van der Waals surface area (Å²) in [6.07, 6.45) is -2.24. The fourth-order valence-corrected chi connectivity index (χ4v) is 2.41. The second-order valence-electron chi connectivity index (χ2n) is 4.89. The number of hydrogen-bond acceptors (Lipinski definition) is 3. The molecule has 2 aromatic carbocycles. The van der Waals surface area contributed by atoms with Crippen molar-refractivity contribution in [3.63, 3.8) is 0 Å². The summed E-state index contributed by atoms with van der Waals surface area (Å²) in [5.74, 6) is -0.845. The zero-order valence-electron chi connectivity index (χ0n) is 12.8. The molecule has 0 amide bonds. The summed E-state index contributed by atoms with van der Waals surface area (Å²) < 4.78 is 76.6. The largest absolute Gasteiger partial charge is 0.573 e. The molecule has 0 bridgehead atoms. The van der Waals surface area contributed by atoms with Crippen molar-refractivity contribution in [3.05, 3.63) is 65.7 Å². The lowest BCUT2D eigenvalue weighted by molar-refractivity contribution is -0.274. The Hall–Kier alpha value is -2.42. The zero-order valence-corrected chi connectivity index (χ0v) is 13.6. The average Bonchev–Trinajstić information content (AvgIpc) is 2.51. The molecule has 0 aliphatic rings. The van der Waals surface area contributed by atoms with Gasteiger partial charge in [-0.05, 0) is 59.8 Å². The number of carbonyl (C=O) groups is 1. The Bertz CT molecular complexity index is 777. The Labute approximate surface area is 148 Å². The third-order valence-electron chi connectivity index (χ3n) is 2.91. The van der Waals surface area contributed by atoms with Gasteiger partial charge in [-0.15, -0.1) is 13.2 Å². The molecule has 0 heterocycles. The summed E-state index contributed by atoms with van der Waals surface area (Å²) in [5, 5.41) is 0. The summed E-state index contributed by atoms with van der Waals surface area (Å²) in [6.45, 7) is 0. The van der Waals surface area contributed by atoms with Crippen molar-refractivity contribution in [2.24, 2.45) is 0 Å². The number of benzene rings is 2. The van der Waals surface area contributed by atoms with Crippen LogP contribution in [0.4, 0.5) is 26.3 Å². The van der Waals surface area contributed by atoms with Crippen LogP contribution in [0.1, 0.15) is 15.9 Å². The molecular weight excluding hydrogens is 382 g/mol. The third kappa shape index (κ3) is 6.83. The van der Waals surface area contributed by atoms with Crippen molar-refractivity contribution in [2.45, 2.75) is 16.8 Å². The van der Waals surface area contributed by atoms with E-state index < -0.39 is 23.4 Å². The fourth-order valence-electron chi connectivity index (χ4n) is 1.87. The standard InChI is InChI=1S/C17H10F6O2S/c18-16(19,20)25-13-6-1-11(2-7-13)3-10-15(24)12-4-8-14(9-5-12)26-17(21,22)23/h1-10H/b10-3+. The molecular formula is C17H10F6O2S. The highest BCUT2D eigenvalue weighted by Crippen LogP contribution is 2.36. The molecule has 9 heteroatoms. The van der Waals surface area contributed by atoms with E-state index in [9.17, 15) is 31.1 Å². The van der Waals surface area contributed by atoms with Crippen LogP contribution in [-0.2, 0) is 0 Å². The lowest BCUT2D eigenvalue weighted by Crippen LogP contribution is -2.16. The van der Waals surface area contributed by atoms with Gasteiger partial charge in [0.2, 0.25) is 0 Å². The minimum absolute atomic E-state index is 0.0433. The zero-order chi connectivity index (χ0) is 19.4. The molecule has 0 atom stereocenters. The molecule has 2 aromatic rings. The molecule has 26 heavy (non-hydrogen) atoms. The van der Waals surface area contributed by atoms with Crippen LogP contribution >= 0.6 is 11.8 Å². The number of carbonyl (C=O) groups excluding carboxylic acids is 1. The molecule has 2 rings (SSSR count). The monoisotopic (exact) mass is 392 g/mol. The normalized spacial score (nSPS) is 12.4. The molecule has 0 aliphatic heterocycles.